The van der Waals surface area contributed by atoms with Crippen molar-refractivity contribution in [1.82, 2.24) is 4.90 Å². The monoisotopic (exact) mass is 176 g/mol. The highest BCUT2D eigenvalue weighted by atomic mass is 15.1. The van der Waals surface area contributed by atoms with E-state index in [0.29, 0.717) is 5.92 Å². The SMILES string of the molecule is C=CCC1CN(C#N)[C@H](C)C=C1C. The zero-order valence-corrected chi connectivity index (χ0v) is 8.33. The predicted octanol–water partition coefficient (Wildman–Crippen LogP) is 2.31. The summed E-state index contributed by atoms with van der Waals surface area (Å²) in [4.78, 5) is 1.82. The van der Waals surface area contributed by atoms with E-state index in [1.54, 1.807) is 0 Å². The van der Waals surface area contributed by atoms with Crippen molar-refractivity contribution in [1.29, 1.82) is 5.26 Å². The second-order valence-electron chi connectivity index (χ2n) is 3.62. The zero-order chi connectivity index (χ0) is 9.84. The van der Waals surface area contributed by atoms with E-state index >= 15 is 0 Å². The van der Waals surface area contributed by atoms with Crippen LogP contribution in [0.2, 0.25) is 0 Å². The molecule has 0 N–H and O–H groups in total. The van der Waals surface area contributed by atoms with Gasteiger partial charge >= 0.3 is 0 Å². The lowest BCUT2D eigenvalue weighted by Crippen LogP contribution is -2.36. The zero-order valence-electron chi connectivity index (χ0n) is 8.33. The third-order valence-electron chi connectivity index (χ3n) is 2.64. The minimum absolute atomic E-state index is 0.256. The van der Waals surface area contributed by atoms with Crippen LogP contribution in [-0.4, -0.2) is 17.5 Å². The topological polar surface area (TPSA) is 27.0 Å². The van der Waals surface area contributed by atoms with E-state index in [4.69, 9.17) is 5.26 Å². The van der Waals surface area contributed by atoms with E-state index in [9.17, 15) is 0 Å². The standard InChI is InChI=1S/C11H16N2/c1-4-5-11-7-13(8-12)10(3)6-9(11)2/h4,6,10-11H,1,5,7H2,2-3H3/t10-,11?/m1/s1. The van der Waals surface area contributed by atoms with Gasteiger partial charge in [0.2, 0.25) is 0 Å². The summed E-state index contributed by atoms with van der Waals surface area (Å²) in [6.07, 6.45) is 7.27. The summed E-state index contributed by atoms with van der Waals surface area (Å²) < 4.78 is 0. The molecule has 70 valence electrons. The van der Waals surface area contributed by atoms with Crippen LogP contribution in [0.1, 0.15) is 20.3 Å². The number of rotatable bonds is 2. The first-order valence-electron chi connectivity index (χ1n) is 4.64. The number of nitriles is 1. The lowest BCUT2D eigenvalue weighted by molar-refractivity contribution is 0.287. The fraction of sp³-hybridized carbons (Fsp3) is 0.545. The fourth-order valence-electron chi connectivity index (χ4n) is 1.75. The molecule has 0 radical (unpaired) electrons. The highest BCUT2D eigenvalue weighted by Crippen LogP contribution is 2.23. The molecule has 0 amide bonds. The van der Waals surface area contributed by atoms with Gasteiger partial charge in [-0.05, 0) is 20.3 Å². The van der Waals surface area contributed by atoms with Crippen LogP contribution in [0.4, 0.5) is 0 Å². The average molecular weight is 176 g/mol. The van der Waals surface area contributed by atoms with Crippen LogP contribution in [-0.2, 0) is 0 Å². The highest BCUT2D eigenvalue weighted by Gasteiger charge is 2.22. The van der Waals surface area contributed by atoms with Gasteiger partial charge in [0.1, 0.15) is 0 Å². The molecule has 1 heterocycles. The fourth-order valence-corrected chi connectivity index (χ4v) is 1.75. The van der Waals surface area contributed by atoms with Gasteiger partial charge in [0.25, 0.3) is 0 Å². The van der Waals surface area contributed by atoms with E-state index in [2.05, 4.69) is 32.7 Å². The van der Waals surface area contributed by atoms with Gasteiger partial charge in [-0.25, -0.2) is 0 Å². The first-order chi connectivity index (χ1) is 6.19. The molecule has 13 heavy (non-hydrogen) atoms. The maximum Gasteiger partial charge on any atom is 0.179 e. The molecular formula is C11H16N2. The summed E-state index contributed by atoms with van der Waals surface area (Å²) in [6.45, 7) is 8.76. The lowest BCUT2D eigenvalue weighted by atomic mass is 9.91. The molecule has 0 aromatic carbocycles. The molecule has 1 unspecified atom stereocenters. The molecule has 2 atom stereocenters. The Labute approximate surface area is 80.2 Å². The molecule has 2 heteroatoms. The van der Waals surface area contributed by atoms with Crippen LogP contribution in [0.15, 0.2) is 24.3 Å². The minimum Gasteiger partial charge on any atom is -0.303 e. The first-order valence-corrected chi connectivity index (χ1v) is 4.64. The highest BCUT2D eigenvalue weighted by molar-refractivity contribution is 5.15. The Morgan fingerprint density at radius 3 is 3.08 bits per heavy atom. The Hall–Kier alpha value is -1.23. The summed E-state index contributed by atoms with van der Waals surface area (Å²) >= 11 is 0. The average Bonchev–Trinajstić information content (AvgIpc) is 2.10. The number of hydrogen-bond donors (Lipinski definition) is 0. The van der Waals surface area contributed by atoms with Crippen molar-refractivity contribution in [2.45, 2.75) is 26.3 Å². The molecule has 0 saturated heterocycles. The summed E-state index contributed by atoms with van der Waals surface area (Å²) in [5.41, 5.74) is 1.39. The molecule has 0 aromatic rings. The maximum atomic E-state index is 8.85. The summed E-state index contributed by atoms with van der Waals surface area (Å²) in [5.74, 6) is 0.480. The Bertz CT molecular complexity index is 260. The molecule has 0 spiro atoms. The van der Waals surface area contributed by atoms with Crippen LogP contribution in [0.5, 0.6) is 0 Å². The normalized spacial score (nSPS) is 27.8. The van der Waals surface area contributed by atoms with Crippen LogP contribution in [0, 0.1) is 17.4 Å². The second kappa shape index (κ2) is 4.13. The maximum absolute atomic E-state index is 8.85. The van der Waals surface area contributed by atoms with Crippen molar-refractivity contribution in [2.24, 2.45) is 5.92 Å². The third kappa shape index (κ3) is 2.12. The molecule has 0 bridgehead atoms. The molecule has 1 rings (SSSR count). The van der Waals surface area contributed by atoms with Crippen molar-refractivity contribution in [3.63, 3.8) is 0 Å². The van der Waals surface area contributed by atoms with Gasteiger partial charge in [-0.3, -0.25) is 0 Å². The van der Waals surface area contributed by atoms with Crippen molar-refractivity contribution in [2.75, 3.05) is 6.54 Å². The van der Waals surface area contributed by atoms with Crippen molar-refractivity contribution >= 4 is 0 Å². The number of allylic oxidation sites excluding steroid dienone is 1. The van der Waals surface area contributed by atoms with Crippen LogP contribution in [0.3, 0.4) is 0 Å². The molecule has 1 aliphatic heterocycles. The van der Waals surface area contributed by atoms with Gasteiger partial charge in [-0.2, -0.15) is 5.26 Å². The van der Waals surface area contributed by atoms with Crippen molar-refractivity contribution in [3.8, 4) is 6.19 Å². The van der Waals surface area contributed by atoms with Gasteiger partial charge in [0.05, 0.1) is 6.04 Å². The molecule has 0 fully saturated rings. The van der Waals surface area contributed by atoms with Crippen LogP contribution < -0.4 is 0 Å². The molecule has 2 nitrogen and oxygen atoms in total. The van der Waals surface area contributed by atoms with Gasteiger partial charge < -0.3 is 4.90 Å². The van der Waals surface area contributed by atoms with Gasteiger partial charge in [-0.15, -0.1) is 6.58 Å². The Kier molecular flexibility index (Phi) is 3.13. The lowest BCUT2D eigenvalue weighted by Gasteiger charge is -2.32. The van der Waals surface area contributed by atoms with Gasteiger partial charge in [-0.1, -0.05) is 17.7 Å². The number of nitrogens with zero attached hydrogens (tertiary/aromatic N) is 2. The van der Waals surface area contributed by atoms with E-state index in [-0.39, 0.29) is 6.04 Å². The van der Waals surface area contributed by atoms with Gasteiger partial charge in [0.15, 0.2) is 6.19 Å². The first kappa shape index (κ1) is 9.85. The molecule has 1 aliphatic rings. The Morgan fingerprint density at radius 2 is 2.54 bits per heavy atom. The van der Waals surface area contributed by atoms with E-state index in [0.717, 1.165) is 13.0 Å². The molecular weight excluding hydrogens is 160 g/mol. The summed E-state index contributed by atoms with van der Waals surface area (Å²) in [6, 6.07) is 0.256. The molecule has 0 aliphatic carbocycles. The molecule has 0 aromatic heterocycles. The second-order valence-corrected chi connectivity index (χ2v) is 3.62. The van der Waals surface area contributed by atoms with Crippen molar-refractivity contribution < 1.29 is 0 Å². The summed E-state index contributed by atoms with van der Waals surface area (Å²) in [5, 5.41) is 8.85. The van der Waals surface area contributed by atoms with Crippen molar-refractivity contribution in [3.05, 3.63) is 24.3 Å². The van der Waals surface area contributed by atoms with Crippen LogP contribution >= 0.6 is 0 Å². The Morgan fingerprint density at radius 1 is 1.85 bits per heavy atom. The third-order valence-corrected chi connectivity index (χ3v) is 2.64. The molecule has 0 saturated carbocycles. The quantitative estimate of drug-likeness (QED) is 0.477. The largest absolute Gasteiger partial charge is 0.303 e. The van der Waals surface area contributed by atoms with E-state index in [1.165, 1.54) is 5.57 Å². The van der Waals surface area contributed by atoms with E-state index in [1.807, 2.05) is 11.0 Å². The predicted molar refractivity (Wildman–Crippen MR) is 53.8 cm³/mol. The number of hydrogen-bond acceptors (Lipinski definition) is 2. The van der Waals surface area contributed by atoms with E-state index < -0.39 is 0 Å². The smallest absolute Gasteiger partial charge is 0.179 e. The summed E-state index contributed by atoms with van der Waals surface area (Å²) in [7, 11) is 0. The Balaban J connectivity index is 2.75. The van der Waals surface area contributed by atoms with Gasteiger partial charge in [0, 0.05) is 12.5 Å². The van der Waals surface area contributed by atoms with Crippen LogP contribution in [0.25, 0.3) is 0 Å². The minimum atomic E-state index is 0.256.